The van der Waals surface area contributed by atoms with Gasteiger partial charge in [-0.2, -0.15) is 9.61 Å². The third-order valence-corrected chi connectivity index (χ3v) is 3.25. The van der Waals surface area contributed by atoms with Gasteiger partial charge in [0.25, 0.3) is 0 Å². The number of para-hydroxylation sites is 2. The third kappa shape index (κ3) is 1.88. The Balaban J connectivity index is 1.83. The molecule has 2 aromatic heterocycles. The van der Waals surface area contributed by atoms with Crippen LogP contribution in [0.5, 0.6) is 5.75 Å². The van der Waals surface area contributed by atoms with Crippen molar-refractivity contribution in [3.8, 4) is 5.75 Å². The molecule has 0 radical (unpaired) electrons. The average molecular weight is 261 g/mol. The first-order valence-corrected chi connectivity index (χ1v) is 6.21. The molecule has 0 amide bonds. The van der Waals surface area contributed by atoms with Crippen LogP contribution in [0.2, 0.25) is 0 Å². The van der Waals surface area contributed by atoms with Crippen molar-refractivity contribution < 1.29 is 4.74 Å². The predicted octanol–water partition coefficient (Wildman–Crippen LogP) is 1.66. The van der Waals surface area contributed by atoms with E-state index in [9.17, 15) is 0 Å². The Hall–Kier alpha value is -2.15. The molecule has 0 atom stereocenters. The normalized spacial score (nSPS) is 10.9. The van der Waals surface area contributed by atoms with E-state index in [4.69, 9.17) is 10.5 Å². The second-order valence-corrected chi connectivity index (χ2v) is 4.92. The number of hydrogen-bond acceptors (Lipinski definition) is 6. The number of anilines is 1. The summed E-state index contributed by atoms with van der Waals surface area (Å²) in [6.07, 6.45) is 0. The molecule has 0 unspecified atom stereocenters. The van der Waals surface area contributed by atoms with E-state index >= 15 is 0 Å². The van der Waals surface area contributed by atoms with Crippen molar-refractivity contribution in [3.05, 3.63) is 35.1 Å². The van der Waals surface area contributed by atoms with Gasteiger partial charge in [-0.05, 0) is 19.1 Å². The number of ether oxygens (including phenoxy) is 1. The summed E-state index contributed by atoms with van der Waals surface area (Å²) in [5.74, 6) is 1.30. The van der Waals surface area contributed by atoms with Crippen LogP contribution in [-0.2, 0) is 6.61 Å². The number of fused-ring (bicyclic) bond motifs is 1. The van der Waals surface area contributed by atoms with Crippen LogP contribution >= 0.6 is 11.3 Å². The first-order valence-electron chi connectivity index (χ1n) is 5.39. The van der Waals surface area contributed by atoms with Gasteiger partial charge in [-0.1, -0.05) is 23.5 Å². The molecule has 0 aliphatic heterocycles. The molecule has 3 rings (SSSR count). The van der Waals surface area contributed by atoms with E-state index in [0.29, 0.717) is 23.9 Å². The van der Waals surface area contributed by atoms with E-state index < -0.39 is 0 Å². The van der Waals surface area contributed by atoms with Crippen molar-refractivity contribution in [2.24, 2.45) is 0 Å². The van der Waals surface area contributed by atoms with Gasteiger partial charge in [-0.3, -0.25) is 0 Å². The maximum Gasteiger partial charge on any atom is 0.234 e. The van der Waals surface area contributed by atoms with Crippen LogP contribution in [0, 0.1) is 6.92 Å². The number of hydrogen-bond donors (Lipinski definition) is 1. The SMILES string of the molecule is Cc1nn2c(COc3ccccc3N)nnc2s1. The predicted molar refractivity (Wildman–Crippen MR) is 68.6 cm³/mol. The fourth-order valence-electron chi connectivity index (χ4n) is 1.60. The number of nitrogens with two attached hydrogens (primary N) is 1. The zero-order valence-electron chi connectivity index (χ0n) is 9.70. The fourth-order valence-corrected chi connectivity index (χ4v) is 2.30. The summed E-state index contributed by atoms with van der Waals surface area (Å²) in [6.45, 7) is 2.22. The summed E-state index contributed by atoms with van der Waals surface area (Å²) in [6, 6.07) is 7.35. The van der Waals surface area contributed by atoms with Crippen LogP contribution in [0.1, 0.15) is 10.8 Å². The van der Waals surface area contributed by atoms with Gasteiger partial charge in [0.2, 0.25) is 4.96 Å². The molecule has 0 spiro atoms. The van der Waals surface area contributed by atoms with E-state index in [2.05, 4.69) is 15.3 Å². The summed E-state index contributed by atoms with van der Waals surface area (Å²) in [4.78, 5) is 0.770. The van der Waals surface area contributed by atoms with Crippen molar-refractivity contribution in [1.29, 1.82) is 0 Å². The molecule has 3 aromatic rings. The van der Waals surface area contributed by atoms with Gasteiger partial charge < -0.3 is 10.5 Å². The molecule has 2 N–H and O–H groups in total. The molecule has 0 aliphatic carbocycles. The minimum absolute atomic E-state index is 0.290. The number of nitrogen functional groups attached to an aromatic ring is 1. The molecule has 7 heteroatoms. The molecule has 92 valence electrons. The zero-order valence-corrected chi connectivity index (χ0v) is 10.5. The van der Waals surface area contributed by atoms with Crippen molar-refractivity contribution >= 4 is 22.0 Å². The van der Waals surface area contributed by atoms with Crippen molar-refractivity contribution in [1.82, 2.24) is 19.8 Å². The Morgan fingerprint density at radius 3 is 3.00 bits per heavy atom. The van der Waals surface area contributed by atoms with E-state index in [1.165, 1.54) is 11.3 Å². The third-order valence-electron chi connectivity index (χ3n) is 2.43. The largest absolute Gasteiger partial charge is 0.483 e. The summed E-state index contributed by atoms with van der Waals surface area (Å²) in [5.41, 5.74) is 6.40. The maximum atomic E-state index is 5.80. The van der Waals surface area contributed by atoms with Crippen LogP contribution < -0.4 is 10.5 Å². The number of nitrogens with zero attached hydrogens (tertiary/aromatic N) is 4. The molecule has 0 saturated carbocycles. The summed E-state index contributed by atoms with van der Waals surface area (Å²) >= 11 is 1.50. The highest BCUT2D eigenvalue weighted by atomic mass is 32.1. The molecule has 0 bridgehead atoms. The molecule has 18 heavy (non-hydrogen) atoms. The molecule has 0 fully saturated rings. The highest BCUT2D eigenvalue weighted by Gasteiger charge is 2.10. The van der Waals surface area contributed by atoms with E-state index in [-0.39, 0.29) is 0 Å². The number of benzene rings is 1. The summed E-state index contributed by atoms with van der Waals surface area (Å²) < 4.78 is 7.31. The number of aromatic nitrogens is 4. The summed E-state index contributed by atoms with van der Waals surface area (Å²) in [7, 11) is 0. The van der Waals surface area contributed by atoms with Gasteiger partial charge in [-0.15, -0.1) is 10.2 Å². The van der Waals surface area contributed by atoms with Crippen LogP contribution in [0.4, 0.5) is 5.69 Å². The van der Waals surface area contributed by atoms with Gasteiger partial charge >= 0.3 is 0 Å². The highest BCUT2D eigenvalue weighted by molar-refractivity contribution is 7.16. The topological polar surface area (TPSA) is 78.3 Å². The lowest BCUT2D eigenvalue weighted by Crippen LogP contribution is -2.03. The summed E-state index contributed by atoms with van der Waals surface area (Å²) in [5, 5.41) is 13.3. The second-order valence-electron chi connectivity index (χ2n) is 3.76. The lowest BCUT2D eigenvalue weighted by atomic mass is 10.3. The van der Waals surface area contributed by atoms with Gasteiger partial charge in [0.15, 0.2) is 5.82 Å². The fraction of sp³-hybridized carbons (Fsp3) is 0.182. The quantitative estimate of drug-likeness (QED) is 0.725. The second kappa shape index (κ2) is 4.26. The molecule has 2 heterocycles. The van der Waals surface area contributed by atoms with E-state index in [1.54, 1.807) is 10.6 Å². The number of rotatable bonds is 3. The Labute approximate surface area is 107 Å². The van der Waals surface area contributed by atoms with Crippen molar-refractivity contribution in [2.45, 2.75) is 13.5 Å². The van der Waals surface area contributed by atoms with Crippen LogP contribution in [0.25, 0.3) is 4.96 Å². The Kier molecular flexibility index (Phi) is 2.60. The molecule has 0 aliphatic rings. The number of aryl methyl sites for hydroxylation is 1. The Morgan fingerprint density at radius 2 is 2.17 bits per heavy atom. The lowest BCUT2D eigenvalue weighted by Gasteiger charge is -2.06. The van der Waals surface area contributed by atoms with Crippen LogP contribution in [-0.4, -0.2) is 19.8 Å². The van der Waals surface area contributed by atoms with Crippen molar-refractivity contribution in [2.75, 3.05) is 5.73 Å². The first kappa shape index (κ1) is 11.0. The van der Waals surface area contributed by atoms with Gasteiger partial charge in [-0.25, -0.2) is 0 Å². The molecule has 1 aromatic carbocycles. The van der Waals surface area contributed by atoms with Gasteiger partial charge in [0.05, 0.1) is 5.69 Å². The zero-order chi connectivity index (χ0) is 12.5. The van der Waals surface area contributed by atoms with Crippen LogP contribution in [0.15, 0.2) is 24.3 Å². The van der Waals surface area contributed by atoms with Crippen LogP contribution in [0.3, 0.4) is 0 Å². The molecule has 0 saturated heterocycles. The standard InChI is InChI=1S/C11H11N5OS/c1-7-15-16-10(13-14-11(16)18-7)6-17-9-5-3-2-4-8(9)12/h2-5H,6,12H2,1H3. The Bertz CT molecular complexity index is 690. The van der Waals surface area contributed by atoms with Gasteiger partial charge in [0, 0.05) is 0 Å². The van der Waals surface area contributed by atoms with E-state index in [0.717, 1.165) is 9.97 Å². The molecular weight excluding hydrogens is 250 g/mol. The van der Waals surface area contributed by atoms with Crippen molar-refractivity contribution in [3.63, 3.8) is 0 Å². The highest BCUT2D eigenvalue weighted by Crippen LogP contribution is 2.21. The molecule has 6 nitrogen and oxygen atoms in total. The molecular formula is C11H11N5OS. The maximum absolute atomic E-state index is 5.80. The van der Waals surface area contributed by atoms with E-state index in [1.807, 2.05) is 25.1 Å². The Morgan fingerprint density at radius 1 is 1.33 bits per heavy atom. The monoisotopic (exact) mass is 261 g/mol. The smallest absolute Gasteiger partial charge is 0.234 e. The van der Waals surface area contributed by atoms with Gasteiger partial charge in [0.1, 0.15) is 17.4 Å². The lowest BCUT2D eigenvalue weighted by molar-refractivity contribution is 0.294. The average Bonchev–Trinajstić information content (AvgIpc) is 2.88. The minimum atomic E-state index is 0.290. The minimum Gasteiger partial charge on any atom is -0.483 e. The first-order chi connectivity index (χ1) is 8.74.